The second kappa shape index (κ2) is 8.05. The Morgan fingerprint density at radius 2 is 2.08 bits per heavy atom. The highest BCUT2D eigenvalue weighted by Crippen LogP contribution is 2.20. The van der Waals surface area contributed by atoms with E-state index in [4.69, 9.17) is 0 Å². The van der Waals surface area contributed by atoms with Crippen LogP contribution in [0.4, 0.5) is 0 Å². The number of imidazole rings is 1. The summed E-state index contributed by atoms with van der Waals surface area (Å²) in [6.07, 6.45) is 4.00. The second-order valence-electron chi connectivity index (χ2n) is 5.78. The number of aromatic nitrogens is 4. The van der Waals surface area contributed by atoms with Crippen molar-refractivity contribution < 1.29 is 4.79 Å². The van der Waals surface area contributed by atoms with Crippen LogP contribution in [-0.2, 0) is 11.3 Å². The third kappa shape index (κ3) is 4.23. The number of para-hydroxylation sites is 2. The molecule has 1 amide bonds. The molecule has 3 aromatic rings. The number of carbonyl (C=O) groups excluding carboxylic acids is 1. The molecule has 3 rings (SSSR count). The minimum Gasteiger partial charge on any atom is -0.345 e. The Morgan fingerprint density at radius 3 is 2.81 bits per heavy atom. The number of H-pyrrole nitrogens is 2. The lowest BCUT2D eigenvalue weighted by Crippen LogP contribution is -2.37. The molecule has 0 aliphatic carbocycles. The van der Waals surface area contributed by atoms with E-state index in [-0.39, 0.29) is 18.5 Å². The highest BCUT2D eigenvalue weighted by Gasteiger charge is 2.18. The van der Waals surface area contributed by atoms with Crippen molar-refractivity contribution in [3.63, 3.8) is 0 Å². The molecule has 9 heteroatoms. The topological polar surface area (TPSA) is 113 Å². The summed E-state index contributed by atoms with van der Waals surface area (Å²) in [5, 5.41) is 2.92. The Morgan fingerprint density at radius 1 is 1.27 bits per heavy atom. The van der Waals surface area contributed by atoms with Gasteiger partial charge in [0.25, 0.3) is 5.56 Å². The molecule has 136 valence electrons. The Bertz CT molecular complexity index is 990. The van der Waals surface area contributed by atoms with Gasteiger partial charge in [0.05, 0.1) is 17.1 Å². The minimum absolute atomic E-state index is 0.175. The molecule has 0 bridgehead atoms. The summed E-state index contributed by atoms with van der Waals surface area (Å²) in [4.78, 5) is 45.2. The predicted octanol–water partition coefficient (Wildman–Crippen LogP) is 1.02. The average Bonchev–Trinajstić information content (AvgIpc) is 3.05. The maximum atomic E-state index is 12.4. The quantitative estimate of drug-likeness (QED) is 0.572. The monoisotopic (exact) mass is 373 g/mol. The number of rotatable bonds is 7. The van der Waals surface area contributed by atoms with Gasteiger partial charge in [-0.1, -0.05) is 12.1 Å². The van der Waals surface area contributed by atoms with Gasteiger partial charge in [0.15, 0.2) is 0 Å². The van der Waals surface area contributed by atoms with Crippen LogP contribution in [0.15, 0.2) is 46.1 Å². The Kier molecular flexibility index (Phi) is 5.57. The zero-order chi connectivity index (χ0) is 18.5. The number of hydrogen-bond donors (Lipinski definition) is 3. The van der Waals surface area contributed by atoms with Crippen LogP contribution in [0.1, 0.15) is 18.3 Å². The summed E-state index contributed by atoms with van der Waals surface area (Å²) in [7, 11) is 0. The summed E-state index contributed by atoms with van der Waals surface area (Å²) in [6, 6.07) is 8.58. The molecule has 0 saturated heterocycles. The van der Waals surface area contributed by atoms with Gasteiger partial charge in [0.2, 0.25) is 5.91 Å². The number of carbonyl (C=O) groups is 1. The highest BCUT2D eigenvalue weighted by molar-refractivity contribution is 7.98. The maximum absolute atomic E-state index is 12.4. The van der Waals surface area contributed by atoms with Crippen molar-refractivity contribution >= 4 is 28.7 Å². The number of nitrogens with zero attached hydrogens (tertiary/aromatic N) is 2. The Labute approximate surface area is 153 Å². The molecular weight excluding hydrogens is 354 g/mol. The number of aromatic amines is 2. The largest absolute Gasteiger partial charge is 0.345 e. The number of nitrogens with one attached hydrogen (secondary N) is 3. The van der Waals surface area contributed by atoms with E-state index in [1.807, 2.05) is 30.5 Å². The third-order valence-electron chi connectivity index (χ3n) is 3.89. The van der Waals surface area contributed by atoms with Crippen LogP contribution in [0.3, 0.4) is 0 Å². The molecule has 3 N–H and O–H groups in total. The first-order valence-electron chi connectivity index (χ1n) is 8.09. The molecule has 0 radical (unpaired) electrons. The summed E-state index contributed by atoms with van der Waals surface area (Å²) < 4.78 is 1.15. The van der Waals surface area contributed by atoms with Crippen LogP contribution in [0.25, 0.3) is 11.0 Å². The summed E-state index contributed by atoms with van der Waals surface area (Å²) in [6.45, 7) is -0.175. The van der Waals surface area contributed by atoms with Gasteiger partial charge in [-0.25, -0.2) is 9.78 Å². The lowest BCUT2D eigenvalue weighted by molar-refractivity contribution is -0.122. The molecule has 2 aromatic heterocycles. The van der Waals surface area contributed by atoms with Gasteiger partial charge >= 0.3 is 5.69 Å². The van der Waals surface area contributed by atoms with Crippen molar-refractivity contribution in [1.29, 1.82) is 0 Å². The molecular formula is C17H19N5O3S. The first-order chi connectivity index (χ1) is 12.6. The van der Waals surface area contributed by atoms with E-state index in [0.29, 0.717) is 12.2 Å². The van der Waals surface area contributed by atoms with Gasteiger partial charge in [0, 0.05) is 12.3 Å². The zero-order valence-corrected chi connectivity index (χ0v) is 15.0. The van der Waals surface area contributed by atoms with Gasteiger partial charge in [0.1, 0.15) is 12.4 Å². The zero-order valence-electron chi connectivity index (χ0n) is 14.2. The first-order valence-corrected chi connectivity index (χ1v) is 9.49. The van der Waals surface area contributed by atoms with E-state index < -0.39 is 11.2 Å². The Hall–Kier alpha value is -2.81. The van der Waals surface area contributed by atoms with Crippen LogP contribution in [0.5, 0.6) is 0 Å². The Balaban J connectivity index is 1.78. The maximum Gasteiger partial charge on any atom is 0.328 e. The SMILES string of the molecule is CSCCC(NC(=O)Cn1ccc(=O)[nH]c1=O)c1nc2ccccc2[nH]1. The van der Waals surface area contributed by atoms with E-state index >= 15 is 0 Å². The first kappa shape index (κ1) is 18.0. The second-order valence-corrected chi connectivity index (χ2v) is 6.76. The molecule has 26 heavy (non-hydrogen) atoms. The third-order valence-corrected chi connectivity index (χ3v) is 4.54. The van der Waals surface area contributed by atoms with Crippen molar-refractivity contribution in [3.8, 4) is 0 Å². The van der Waals surface area contributed by atoms with Crippen molar-refractivity contribution in [2.24, 2.45) is 0 Å². The van der Waals surface area contributed by atoms with Gasteiger partial charge < -0.3 is 10.3 Å². The normalized spacial score (nSPS) is 12.2. The lowest BCUT2D eigenvalue weighted by Gasteiger charge is -2.16. The highest BCUT2D eigenvalue weighted by atomic mass is 32.2. The van der Waals surface area contributed by atoms with Gasteiger partial charge in [-0.3, -0.25) is 19.1 Å². The van der Waals surface area contributed by atoms with E-state index in [2.05, 4.69) is 20.3 Å². The van der Waals surface area contributed by atoms with Crippen LogP contribution in [0, 0.1) is 0 Å². The number of hydrogen-bond acceptors (Lipinski definition) is 5. The van der Waals surface area contributed by atoms with Crippen molar-refractivity contribution in [2.75, 3.05) is 12.0 Å². The fourth-order valence-electron chi connectivity index (χ4n) is 2.61. The standard InChI is InChI=1S/C17H19N5O3S/c1-26-9-7-13(16-19-11-4-2-3-5-12(11)20-16)18-15(24)10-22-8-6-14(23)21-17(22)25/h2-6,8,13H,7,9-10H2,1H3,(H,18,24)(H,19,20)(H,21,23,25). The molecule has 0 aliphatic heterocycles. The van der Waals surface area contributed by atoms with Crippen LogP contribution >= 0.6 is 11.8 Å². The number of amides is 1. The van der Waals surface area contributed by atoms with Crippen LogP contribution < -0.4 is 16.6 Å². The molecule has 1 aromatic carbocycles. The molecule has 0 saturated carbocycles. The van der Waals surface area contributed by atoms with Crippen LogP contribution in [-0.4, -0.2) is 37.4 Å². The molecule has 1 unspecified atom stereocenters. The van der Waals surface area contributed by atoms with Gasteiger partial charge in [-0.15, -0.1) is 0 Å². The fourth-order valence-corrected chi connectivity index (χ4v) is 3.09. The molecule has 0 aliphatic rings. The van der Waals surface area contributed by atoms with Crippen molar-refractivity contribution in [2.45, 2.75) is 19.0 Å². The van der Waals surface area contributed by atoms with Gasteiger partial charge in [-0.2, -0.15) is 11.8 Å². The van der Waals surface area contributed by atoms with Crippen molar-refractivity contribution in [1.82, 2.24) is 24.8 Å². The van der Waals surface area contributed by atoms with Crippen LogP contribution in [0.2, 0.25) is 0 Å². The number of benzene rings is 1. The van der Waals surface area contributed by atoms with E-state index in [1.54, 1.807) is 11.8 Å². The number of fused-ring (bicyclic) bond motifs is 1. The lowest BCUT2D eigenvalue weighted by atomic mass is 10.2. The smallest absolute Gasteiger partial charge is 0.328 e. The molecule has 8 nitrogen and oxygen atoms in total. The number of thioether (sulfide) groups is 1. The summed E-state index contributed by atoms with van der Waals surface area (Å²) >= 11 is 1.68. The van der Waals surface area contributed by atoms with E-state index in [9.17, 15) is 14.4 Å². The van der Waals surface area contributed by atoms with Gasteiger partial charge in [-0.05, 0) is 30.6 Å². The van der Waals surface area contributed by atoms with E-state index in [1.165, 1.54) is 12.3 Å². The van der Waals surface area contributed by atoms with E-state index in [0.717, 1.165) is 21.4 Å². The predicted molar refractivity (Wildman–Crippen MR) is 101 cm³/mol. The molecule has 0 fully saturated rings. The van der Waals surface area contributed by atoms with Crippen molar-refractivity contribution in [3.05, 3.63) is 63.2 Å². The summed E-state index contributed by atoms with van der Waals surface area (Å²) in [5.41, 5.74) is 0.634. The molecule has 0 spiro atoms. The average molecular weight is 373 g/mol. The molecule has 1 atom stereocenters. The molecule has 2 heterocycles. The minimum atomic E-state index is -0.614. The summed E-state index contributed by atoms with van der Waals surface area (Å²) in [5.74, 6) is 1.20. The fraction of sp³-hybridized carbons (Fsp3) is 0.294.